The molecule has 4 aliphatic rings. The summed E-state index contributed by atoms with van der Waals surface area (Å²) in [5.74, 6) is -4.23. The Morgan fingerprint density at radius 1 is 0.821 bits per heavy atom. The summed E-state index contributed by atoms with van der Waals surface area (Å²) in [4.78, 5) is 60.3. The molecule has 8 rings (SSSR count). The van der Waals surface area contributed by atoms with Crippen molar-refractivity contribution in [1.29, 1.82) is 0 Å². The molecular formula is C45H40ClFN2O7. The Morgan fingerprint density at radius 2 is 1.52 bits per heavy atom. The first-order valence-corrected chi connectivity index (χ1v) is 18.9. The number of phenols is 1. The number of halogens is 2. The zero-order chi connectivity index (χ0) is 39.8. The van der Waals surface area contributed by atoms with Crippen molar-refractivity contribution in [3.05, 3.63) is 123 Å². The molecule has 4 aromatic rings. The predicted molar refractivity (Wildman–Crippen MR) is 211 cm³/mol. The third-order valence-corrected chi connectivity index (χ3v) is 12.6. The van der Waals surface area contributed by atoms with E-state index in [4.69, 9.17) is 21.1 Å². The summed E-state index contributed by atoms with van der Waals surface area (Å²) >= 11 is 6.13. The summed E-state index contributed by atoms with van der Waals surface area (Å²) in [6.45, 7) is 5.33. The van der Waals surface area contributed by atoms with Gasteiger partial charge in [0.15, 0.2) is 0 Å². The van der Waals surface area contributed by atoms with Gasteiger partial charge < -0.3 is 14.6 Å². The smallest absolute Gasteiger partial charge is 0.241 e. The molecule has 2 aliphatic heterocycles. The summed E-state index contributed by atoms with van der Waals surface area (Å²) < 4.78 is 25.1. The van der Waals surface area contributed by atoms with E-state index in [1.165, 1.54) is 17.0 Å². The number of aryl methyl sites for hydroxylation is 2. The molecular weight excluding hydrogens is 735 g/mol. The first-order chi connectivity index (χ1) is 26.8. The number of allylic oxidation sites excluding steroid dienone is 2. The molecule has 4 amide bonds. The number of aromatic hydroxyl groups is 1. The minimum atomic E-state index is -1.30. The van der Waals surface area contributed by atoms with E-state index < -0.39 is 52.6 Å². The van der Waals surface area contributed by atoms with E-state index in [-0.39, 0.29) is 41.1 Å². The van der Waals surface area contributed by atoms with Gasteiger partial charge in [-0.25, -0.2) is 9.29 Å². The number of nitrogens with zero attached hydrogens (tertiary/aromatic N) is 2. The minimum absolute atomic E-state index is 0.130. The minimum Gasteiger partial charge on any atom is -0.507 e. The van der Waals surface area contributed by atoms with Crippen molar-refractivity contribution in [2.24, 2.45) is 29.1 Å². The van der Waals surface area contributed by atoms with E-state index in [2.05, 4.69) is 0 Å². The molecule has 0 bridgehead atoms. The van der Waals surface area contributed by atoms with Crippen LogP contribution in [0, 0.1) is 48.8 Å². The quantitative estimate of drug-likeness (QED) is 0.114. The van der Waals surface area contributed by atoms with Crippen LogP contribution in [0.3, 0.4) is 0 Å². The molecule has 9 nitrogen and oxygen atoms in total. The zero-order valence-corrected chi connectivity index (χ0v) is 32.3. The van der Waals surface area contributed by atoms with Crippen LogP contribution in [0.4, 0.5) is 15.8 Å². The van der Waals surface area contributed by atoms with Gasteiger partial charge in [-0.1, -0.05) is 59.7 Å². The molecule has 2 saturated heterocycles. The molecule has 4 aromatic carbocycles. The van der Waals surface area contributed by atoms with E-state index >= 15 is 0 Å². The Bertz CT molecular complexity index is 2380. The Kier molecular flexibility index (Phi) is 9.15. The highest BCUT2D eigenvalue weighted by Crippen LogP contribution is 2.64. The molecule has 2 aliphatic carbocycles. The number of imide groups is 2. The van der Waals surface area contributed by atoms with Gasteiger partial charge in [-0.3, -0.25) is 24.1 Å². The lowest BCUT2D eigenvalue weighted by atomic mass is 9.51. The van der Waals surface area contributed by atoms with E-state index in [1.54, 1.807) is 47.1 Å². The Hall–Kier alpha value is -5.74. The lowest BCUT2D eigenvalue weighted by molar-refractivity contribution is -0.131. The van der Waals surface area contributed by atoms with Crippen LogP contribution in [-0.2, 0) is 19.2 Å². The highest BCUT2D eigenvalue weighted by Gasteiger charge is 2.67. The average Bonchev–Trinajstić information content (AvgIpc) is 3.56. The van der Waals surface area contributed by atoms with Crippen LogP contribution < -0.4 is 19.3 Å². The van der Waals surface area contributed by atoms with Crippen LogP contribution >= 0.6 is 11.6 Å². The lowest BCUT2D eigenvalue weighted by Crippen LogP contribution is -2.49. The number of methoxy groups -OCH3 is 2. The van der Waals surface area contributed by atoms with Crippen molar-refractivity contribution < 1.29 is 38.1 Å². The summed E-state index contributed by atoms with van der Waals surface area (Å²) in [5.41, 5.74) is 3.73. The number of benzene rings is 4. The average molecular weight is 775 g/mol. The van der Waals surface area contributed by atoms with Crippen LogP contribution in [0.15, 0.2) is 84.4 Å². The van der Waals surface area contributed by atoms with Gasteiger partial charge in [0.25, 0.3) is 0 Å². The highest BCUT2D eigenvalue weighted by molar-refractivity contribution is 6.32. The molecule has 56 heavy (non-hydrogen) atoms. The van der Waals surface area contributed by atoms with E-state index in [0.717, 1.165) is 33.2 Å². The van der Waals surface area contributed by atoms with Gasteiger partial charge in [0.05, 0.1) is 53.8 Å². The number of ether oxygens (including phenoxy) is 2. The molecule has 0 radical (unpaired) electrons. The standard InChI is InChI=1S/C45H40ClFN2O7/c1-23-18-27(19-24(2)40(23)50)39-31-14-15-32-38(33(31)22-34-42(52)49(44(54)45(34,39)3)29-12-16-36(47)35(46)21-29)43(53)48(41(32)51)28-10-7-25(8-11-28)6-9-26-20-30(55-4)13-17-37(26)56-5/h6-14,16-21,32-34,38-39,50H,15,22H2,1-5H3. The highest BCUT2D eigenvalue weighted by atomic mass is 35.5. The van der Waals surface area contributed by atoms with Crippen LogP contribution in [0.5, 0.6) is 17.2 Å². The Balaban J connectivity index is 1.15. The molecule has 1 N–H and O–H groups in total. The van der Waals surface area contributed by atoms with Gasteiger partial charge in [-0.05, 0) is 110 Å². The van der Waals surface area contributed by atoms with Gasteiger partial charge in [0, 0.05) is 11.5 Å². The second kappa shape index (κ2) is 13.8. The maximum atomic E-state index is 14.7. The maximum absolute atomic E-state index is 14.7. The normalized spacial score (nSPS) is 25.7. The van der Waals surface area contributed by atoms with E-state index in [9.17, 15) is 28.7 Å². The van der Waals surface area contributed by atoms with Crippen LogP contribution in [-0.4, -0.2) is 43.0 Å². The molecule has 286 valence electrons. The fourth-order valence-corrected chi connectivity index (χ4v) is 9.74. The number of anilines is 2. The number of carbonyl (C=O) groups is 4. The summed E-state index contributed by atoms with van der Waals surface area (Å²) in [5, 5.41) is 10.5. The number of phenolic OH excluding ortho intramolecular Hbond substituents is 1. The zero-order valence-electron chi connectivity index (χ0n) is 31.5. The molecule has 11 heteroatoms. The van der Waals surface area contributed by atoms with Crippen molar-refractivity contribution in [1.82, 2.24) is 0 Å². The molecule has 6 unspecified atom stereocenters. The maximum Gasteiger partial charge on any atom is 0.241 e. The van der Waals surface area contributed by atoms with Crippen molar-refractivity contribution in [2.45, 2.75) is 39.5 Å². The number of amides is 4. The second-order valence-electron chi connectivity index (χ2n) is 15.3. The predicted octanol–water partition coefficient (Wildman–Crippen LogP) is 8.42. The number of rotatable bonds is 7. The van der Waals surface area contributed by atoms with E-state index in [0.29, 0.717) is 28.3 Å². The van der Waals surface area contributed by atoms with Gasteiger partial charge in [-0.15, -0.1) is 0 Å². The fraction of sp³-hybridized carbons (Fsp3) is 0.289. The Labute approximate surface area is 329 Å². The summed E-state index contributed by atoms with van der Waals surface area (Å²) in [7, 11) is 3.19. The number of hydrogen-bond donors (Lipinski definition) is 1. The van der Waals surface area contributed by atoms with Gasteiger partial charge in [0.2, 0.25) is 23.6 Å². The molecule has 3 fully saturated rings. The fourth-order valence-electron chi connectivity index (χ4n) is 9.57. The second-order valence-corrected chi connectivity index (χ2v) is 15.7. The molecule has 0 spiro atoms. The van der Waals surface area contributed by atoms with Gasteiger partial charge in [0.1, 0.15) is 23.1 Å². The number of fused-ring (bicyclic) bond motifs is 4. The number of carbonyl (C=O) groups excluding carboxylic acids is 4. The number of hydrogen-bond acceptors (Lipinski definition) is 7. The first kappa shape index (κ1) is 37.2. The van der Waals surface area contributed by atoms with Crippen molar-refractivity contribution in [2.75, 3.05) is 24.0 Å². The van der Waals surface area contributed by atoms with Crippen molar-refractivity contribution in [3.63, 3.8) is 0 Å². The van der Waals surface area contributed by atoms with Gasteiger partial charge in [-0.2, -0.15) is 0 Å². The van der Waals surface area contributed by atoms with Crippen molar-refractivity contribution in [3.8, 4) is 17.2 Å². The van der Waals surface area contributed by atoms with Crippen molar-refractivity contribution >= 4 is 58.8 Å². The third-order valence-electron chi connectivity index (χ3n) is 12.3. The Morgan fingerprint density at radius 3 is 2.18 bits per heavy atom. The largest absolute Gasteiger partial charge is 0.507 e. The van der Waals surface area contributed by atoms with E-state index in [1.807, 2.05) is 60.7 Å². The first-order valence-electron chi connectivity index (χ1n) is 18.5. The molecule has 0 aromatic heterocycles. The summed E-state index contributed by atoms with van der Waals surface area (Å²) in [6, 6.07) is 20.1. The lowest BCUT2D eigenvalue weighted by Gasteiger charge is -2.49. The van der Waals surface area contributed by atoms with Crippen LogP contribution in [0.1, 0.15) is 53.5 Å². The summed E-state index contributed by atoms with van der Waals surface area (Å²) in [6.07, 6.45) is 6.24. The van der Waals surface area contributed by atoms with Gasteiger partial charge >= 0.3 is 0 Å². The SMILES string of the molecule is COc1ccc(OC)c(C=Cc2ccc(N3C(=O)C4CC=C5C(CC6C(=O)N(c7ccc(F)c(Cl)c7)C(=O)C6(C)C5c5cc(C)c(O)c(C)c5)C4C3=O)cc2)c1. The molecule has 6 atom stereocenters. The third kappa shape index (κ3) is 5.64. The molecule has 2 heterocycles. The topological polar surface area (TPSA) is 113 Å². The monoisotopic (exact) mass is 774 g/mol. The van der Waals surface area contributed by atoms with Crippen LogP contribution in [0.25, 0.3) is 12.2 Å². The molecule has 1 saturated carbocycles. The van der Waals surface area contributed by atoms with Crippen LogP contribution in [0.2, 0.25) is 5.02 Å².